The molecule has 0 saturated carbocycles. The van der Waals surface area contributed by atoms with Crippen LogP contribution < -0.4 is 5.32 Å². The number of carbonyl (C=O) groups is 1. The third-order valence-corrected chi connectivity index (χ3v) is 2.69. The zero-order valence-electron chi connectivity index (χ0n) is 10.3. The number of fused-ring (bicyclic) bond motifs is 1. The third kappa shape index (κ3) is 2.84. The number of ether oxygens (including phenoxy) is 1. The fourth-order valence-corrected chi connectivity index (χ4v) is 1.80. The van der Waals surface area contributed by atoms with Gasteiger partial charge in [0.25, 0.3) is 5.91 Å². The molecular formula is C14H16N2O2. The first-order valence-corrected chi connectivity index (χ1v) is 5.94. The van der Waals surface area contributed by atoms with E-state index in [9.17, 15) is 4.79 Å². The van der Waals surface area contributed by atoms with Crippen LogP contribution in [0.15, 0.2) is 36.5 Å². The van der Waals surface area contributed by atoms with Crippen molar-refractivity contribution < 1.29 is 9.53 Å². The number of hydrogen-bond acceptors (Lipinski definition) is 3. The second-order valence-corrected chi connectivity index (χ2v) is 3.98. The minimum absolute atomic E-state index is 0.0876. The van der Waals surface area contributed by atoms with Gasteiger partial charge in [0, 0.05) is 31.8 Å². The quantitative estimate of drug-likeness (QED) is 0.818. The summed E-state index contributed by atoms with van der Waals surface area (Å²) in [7, 11) is 1.65. The standard InChI is InChI=1S/C14H16N2O2/c1-18-10-4-9-16-14(17)12-7-2-5-11-6-3-8-15-13(11)12/h2-3,5-8H,4,9-10H2,1H3,(H,16,17). The molecule has 1 aromatic heterocycles. The van der Waals surface area contributed by atoms with Crippen LogP contribution in [0.3, 0.4) is 0 Å². The zero-order valence-corrected chi connectivity index (χ0v) is 10.3. The Hall–Kier alpha value is -1.94. The molecule has 18 heavy (non-hydrogen) atoms. The SMILES string of the molecule is COCCCNC(=O)c1cccc2cccnc12. The smallest absolute Gasteiger partial charge is 0.253 e. The number of nitrogens with one attached hydrogen (secondary N) is 1. The number of nitrogens with zero attached hydrogens (tertiary/aromatic N) is 1. The minimum Gasteiger partial charge on any atom is -0.385 e. The van der Waals surface area contributed by atoms with Crippen LogP contribution in [0, 0.1) is 0 Å². The molecule has 0 aliphatic carbocycles. The van der Waals surface area contributed by atoms with Gasteiger partial charge in [-0.05, 0) is 18.6 Å². The van der Waals surface area contributed by atoms with Crippen molar-refractivity contribution in [1.29, 1.82) is 0 Å². The number of aromatic nitrogens is 1. The Kier molecular flexibility index (Phi) is 4.25. The van der Waals surface area contributed by atoms with Crippen LogP contribution in [0.2, 0.25) is 0 Å². The molecule has 0 aliphatic heterocycles. The van der Waals surface area contributed by atoms with E-state index >= 15 is 0 Å². The maximum Gasteiger partial charge on any atom is 0.253 e. The lowest BCUT2D eigenvalue weighted by Gasteiger charge is -2.07. The summed E-state index contributed by atoms with van der Waals surface area (Å²) in [5.41, 5.74) is 1.36. The van der Waals surface area contributed by atoms with E-state index in [2.05, 4.69) is 10.3 Å². The predicted octanol–water partition coefficient (Wildman–Crippen LogP) is 2.00. The molecule has 4 nitrogen and oxygen atoms in total. The van der Waals surface area contributed by atoms with Crippen LogP contribution in [0.4, 0.5) is 0 Å². The van der Waals surface area contributed by atoms with Crippen molar-refractivity contribution in [1.82, 2.24) is 10.3 Å². The molecule has 0 atom stereocenters. The van der Waals surface area contributed by atoms with Crippen molar-refractivity contribution in [2.24, 2.45) is 0 Å². The lowest BCUT2D eigenvalue weighted by molar-refractivity contribution is 0.0950. The molecule has 0 radical (unpaired) electrons. The molecule has 2 aromatic rings. The second-order valence-electron chi connectivity index (χ2n) is 3.98. The second kappa shape index (κ2) is 6.12. The lowest BCUT2D eigenvalue weighted by atomic mass is 10.1. The Morgan fingerprint density at radius 1 is 1.33 bits per heavy atom. The molecule has 1 aromatic carbocycles. The van der Waals surface area contributed by atoms with Gasteiger partial charge in [0.15, 0.2) is 0 Å². The molecule has 0 fully saturated rings. The van der Waals surface area contributed by atoms with Gasteiger partial charge in [0.1, 0.15) is 0 Å². The summed E-state index contributed by atoms with van der Waals surface area (Å²) in [6, 6.07) is 9.42. The normalized spacial score (nSPS) is 10.5. The summed E-state index contributed by atoms with van der Waals surface area (Å²) in [4.78, 5) is 16.3. The van der Waals surface area contributed by atoms with Gasteiger partial charge in [-0.25, -0.2) is 0 Å². The van der Waals surface area contributed by atoms with Crippen LogP contribution >= 0.6 is 0 Å². The molecular weight excluding hydrogens is 228 g/mol. The molecule has 2 rings (SSSR count). The maximum absolute atomic E-state index is 12.0. The number of carbonyl (C=O) groups excluding carboxylic acids is 1. The monoisotopic (exact) mass is 244 g/mol. The lowest BCUT2D eigenvalue weighted by Crippen LogP contribution is -2.25. The first kappa shape index (κ1) is 12.5. The fourth-order valence-electron chi connectivity index (χ4n) is 1.80. The number of methoxy groups -OCH3 is 1. The Bertz CT molecular complexity index is 535. The summed E-state index contributed by atoms with van der Waals surface area (Å²) in [6.45, 7) is 1.25. The van der Waals surface area contributed by atoms with E-state index in [0.717, 1.165) is 17.3 Å². The highest BCUT2D eigenvalue weighted by atomic mass is 16.5. The van der Waals surface area contributed by atoms with Gasteiger partial charge in [-0.1, -0.05) is 18.2 Å². The van der Waals surface area contributed by atoms with E-state index in [-0.39, 0.29) is 5.91 Å². The van der Waals surface area contributed by atoms with Gasteiger partial charge in [-0.15, -0.1) is 0 Å². The van der Waals surface area contributed by atoms with E-state index in [1.165, 1.54) is 0 Å². The molecule has 0 spiro atoms. The van der Waals surface area contributed by atoms with Crippen molar-refractivity contribution in [3.63, 3.8) is 0 Å². The van der Waals surface area contributed by atoms with Crippen LogP contribution in [0.25, 0.3) is 10.9 Å². The van der Waals surface area contributed by atoms with Crippen LogP contribution in [-0.2, 0) is 4.74 Å². The molecule has 1 amide bonds. The largest absolute Gasteiger partial charge is 0.385 e. The van der Waals surface area contributed by atoms with Gasteiger partial charge in [-0.2, -0.15) is 0 Å². The molecule has 1 heterocycles. The van der Waals surface area contributed by atoms with Crippen molar-refractivity contribution in [2.75, 3.05) is 20.3 Å². The average molecular weight is 244 g/mol. The number of rotatable bonds is 5. The van der Waals surface area contributed by atoms with Gasteiger partial charge in [0.2, 0.25) is 0 Å². The number of para-hydroxylation sites is 1. The zero-order chi connectivity index (χ0) is 12.8. The first-order valence-electron chi connectivity index (χ1n) is 5.94. The fraction of sp³-hybridized carbons (Fsp3) is 0.286. The summed E-state index contributed by atoms with van der Waals surface area (Å²) < 4.78 is 4.94. The molecule has 0 bridgehead atoms. The van der Waals surface area contributed by atoms with Gasteiger partial charge in [-0.3, -0.25) is 9.78 Å². The Balaban J connectivity index is 2.13. The number of amides is 1. The maximum atomic E-state index is 12.0. The predicted molar refractivity (Wildman–Crippen MR) is 70.6 cm³/mol. The third-order valence-electron chi connectivity index (χ3n) is 2.69. The number of hydrogen-bond donors (Lipinski definition) is 1. The minimum atomic E-state index is -0.0876. The summed E-state index contributed by atoms with van der Waals surface area (Å²) >= 11 is 0. The highest BCUT2D eigenvalue weighted by Crippen LogP contribution is 2.15. The van der Waals surface area contributed by atoms with E-state index in [4.69, 9.17) is 4.74 Å². The van der Waals surface area contributed by atoms with E-state index in [0.29, 0.717) is 18.7 Å². The highest BCUT2D eigenvalue weighted by Gasteiger charge is 2.09. The highest BCUT2D eigenvalue weighted by molar-refractivity contribution is 6.05. The molecule has 94 valence electrons. The van der Waals surface area contributed by atoms with E-state index in [1.807, 2.05) is 24.3 Å². The summed E-state index contributed by atoms with van der Waals surface area (Å²) in [6.07, 6.45) is 2.50. The molecule has 0 saturated heterocycles. The van der Waals surface area contributed by atoms with Crippen molar-refractivity contribution in [3.05, 3.63) is 42.1 Å². The molecule has 1 N–H and O–H groups in total. The van der Waals surface area contributed by atoms with Crippen molar-refractivity contribution >= 4 is 16.8 Å². The number of pyridine rings is 1. The van der Waals surface area contributed by atoms with Gasteiger partial charge >= 0.3 is 0 Å². The van der Waals surface area contributed by atoms with Gasteiger partial charge in [0.05, 0.1) is 11.1 Å². The summed E-state index contributed by atoms with van der Waals surface area (Å²) in [5, 5.41) is 3.84. The van der Waals surface area contributed by atoms with Crippen molar-refractivity contribution in [3.8, 4) is 0 Å². The molecule has 0 aliphatic rings. The van der Waals surface area contributed by atoms with Crippen LogP contribution in [0.1, 0.15) is 16.8 Å². The van der Waals surface area contributed by atoms with Crippen molar-refractivity contribution in [2.45, 2.75) is 6.42 Å². The molecule has 0 unspecified atom stereocenters. The first-order chi connectivity index (χ1) is 8.83. The average Bonchev–Trinajstić information content (AvgIpc) is 2.43. The van der Waals surface area contributed by atoms with E-state index < -0.39 is 0 Å². The van der Waals surface area contributed by atoms with Crippen LogP contribution in [0.5, 0.6) is 0 Å². The van der Waals surface area contributed by atoms with Crippen LogP contribution in [-0.4, -0.2) is 31.2 Å². The summed E-state index contributed by atoms with van der Waals surface area (Å²) in [5.74, 6) is -0.0876. The Labute approximate surface area is 106 Å². The Morgan fingerprint density at radius 2 is 2.17 bits per heavy atom. The van der Waals surface area contributed by atoms with E-state index in [1.54, 1.807) is 19.4 Å². The Morgan fingerprint density at radius 3 is 3.00 bits per heavy atom. The topological polar surface area (TPSA) is 51.2 Å². The molecule has 4 heteroatoms. The number of benzene rings is 1. The van der Waals surface area contributed by atoms with Gasteiger partial charge < -0.3 is 10.1 Å².